The second kappa shape index (κ2) is 9.80. The number of carbonyl (C=O) groups excluding carboxylic acids is 4. The molecule has 2 atom stereocenters. The first-order chi connectivity index (χ1) is 14.4. The number of alkyl carbamates (subject to hydrolysis) is 1. The molecular formula is C22H31N3O6. The molecule has 0 saturated carbocycles. The van der Waals surface area contributed by atoms with E-state index in [-0.39, 0.29) is 25.4 Å². The molecule has 1 heterocycles. The predicted molar refractivity (Wildman–Crippen MR) is 113 cm³/mol. The van der Waals surface area contributed by atoms with Crippen molar-refractivity contribution < 1.29 is 28.7 Å². The Balaban J connectivity index is 1.91. The van der Waals surface area contributed by atoms with Gasteiger partial charge in [0.1, 0.15) is 17.7 Å². The molecule has 31 heavy (non-hydrogen) atoms. The van der Waals surface area contributed by atoms with Crippen LogP contribution in [0.5, 0.6) is 0 Å². The Bertz CT molecular complexity index is 816. The summed E-state index contributed by atoms with van der Waals surface area (Å²) in [5.41, 5.74) is -1.14. The number of hydrogen-bond donors (Lipinski definition) is 3. The molecule has 9 nitrogen and oxygen atoms in total. The number of esters is 1. The van der Waals surface area contributed by atoms with Crippen molar-refractivity contribution >= 4 is 23.9 Å². The van der Waals surface area contributed by atoms with E-state index in [1.807, 2.05) is 30.3 Å². The van der Waals surface area contributed by atoms with Crippen LogP contribution in [0.2, 0.25) is 0 Å². The molecule has 0 radical (unpaired) electrons. The van der Waals surface area contributed by atoms with Gasteiger partial charge in [-0.3, -0.25) is 14.4 Å². The number of amides is 3. The number of benzene rings is 1. The van der Waals surface area contributed by atoms with Gasteiger partial charge in [-0.15, -0.1) is 0 Å². The molecule has 1 aromatic carbocycles. The van der Waals surface area contributed by atoms with Crippen LogP contribution in [0.25, 0.3) is 0 Å². The molecule has 0 unspecified atom stereocenters. The molecule has 1 aromatic rings. The van der Waals surface area contributed by atoms with Crippen molar-refractivity contribution in [3.8, 4) is 0 Å². The highest BCUT2D eigenvalue weighted by Gasteiger charge is 2.39. The van der Waals surface area contributed by atoms with Gasteiger partial charge in [0, 0.05) is 6.42 Å². The van der Waals surface area contributed by atoms with Crippen LogP contribution < -0.4 is 16.0 Å². The summed E-state index contributed by atoms with van der Waals surface area (Å²) in [6.45, 7) is 8.34. The Labute approximate surface area is 182 Å². The van der Waals surface area contributed by atoms with E-state index in [9.17, 15) is 19.2 Å². The highest BCUT2D eigenvalue weighted by molar-refractivity contribution is 5.90. The molecule has 2 rings (SSSR count). The van der Waals surface area contributed by atoms with Gasteiger partial charge in [-0.1, -0.05) is 30.3 Å². The highest BCUT2D eigenvalue weighted by Crippen LogP contribution is 2.16. The number of carbonyl (C=O) groups is 4. The van der Waals surface area contributed by atoms with Gasteiger partial charge in [0.25, 0.3) is 0 Å². The molecule has 0 aliphatic carbocycles. The minimum atomic E-state index is -1.29. The highest BCUT2D eigenvalue weighted by atomic mass is 16.6. The minimum Gasteiger partial charge on any atom is -0.461 e. The zero-order valence-corrected chi connectivity index (χ0v) is 18.6. The van der Waals surface area contributed by atoms with Gasteiger partial charge in [0.05, 0.1) is 18.5 Å². The summed E-state index contributed by atoms with van der Waals surface area (Å²) < 4.78 is 10.5. The summed E-state index contributed by atoms with van der Waals surface area (Å²) in [7, 11) is 0. The van der Waals surface area contributed by atoms with Gasteiger partial charge >= 0.3 is 12.1 Å². The quantitative estimate of drug-likeness (QED) is 0.564. The van der Waals surface area contributed by atoms with Crippen molar-refractivity contribution in [2.75, 3.05) is 0 Å². The average Bonchev–Trinajstić information content (AvgIpc) is 2.97. The van der Waals surface area contributed by atoms with Crippen LogP contribution in [0.15, 0.2) is 30.3 Å². The molecule has 1 aliphatic rings. The summed E-state index contributed by atoms with van der Waals surface area (Å²) in [4.78, 5) is 48.9. The predicted octanol–water partition coefficient (Wildman–Crippen LogP) is 1.80. The maximum atomic E-state index is 12.7. The fourth-order valence-electron chi connectivity index (χ4n) is 2.99. The van der Waals surface area contributed by atoms with Crippen molar-refractivity contribution in [1.29, 1.82) is 0 Å². The fourth-order valence-corrected chi connectivity index (χ4v) is 2.99. The van der Waals surface area contributed by atoms with Crippen LogP contribution in [0.1, 0.15) is 53.0 Å². The first-order valence-corrected chi connectivity index (χ1v) is 10.2. The largest absolute Gasteiger partial charge is 0.461 e. The van der Waals surface area contributed by atoms with E-state index >= 15 is 0 Å². The summed E-state index contributed by atoms with van der Waals surface area (Å²) in [5.74, 6) is -1.26. The zero-order valence-electron chi connectivity index (χ0n) is 18.6. The fraction of sp³-hybridized carbons (Fsp3) is 0.545. The minimum absolute atomic E-state index is 0.0326. The first-order valence-electron chi connectivity index (χ1n) is 10.2. The van der Waals surface area contributed by atoms with Crippen LogP contribution in [0.4, 0.5) is 4.79 Å². The standard InChI is InChI=1S/C22H31N3O6/c1-21(2,3)31-20(29)25-22(4,5)19(28)24-15-11-17(26)23-16(15)12-18(27)30-13-14-9-7-6-8-10-14/h6-10,15-16H,11-13H2,1-5H3,(H,23,26)(H,24,28)(H,25,29)/t15-,16+/m0/s1. The van der Waals surface area contributed by atoms with Crippen LogP contribution in [0.3, 0.4) is 0 Å². The average molecular weight is 434 g/mol. The molecule has 1 aliphatic heterocycles. The monoisotopic (exact) mass is 433 g/mol. The maximum absolute atomic E-state index is 12.7. The lowest BCUT2D eigenvalue weighted by Gasteiger charge is -2.29. The van der Waals surface area contributed by atoms with Gasteiger partial charge < -0.3 is 25.4 Å². The Hall–Kier alpha value is -3.10. The SMILES string of the molecule is CC(C)(C)OC(=O)NC(C)(C)C(=O)N[C@H]1CC(=O)N[C@@H]1CC(=O)OCc1ccccc1. The second-order valence-corrected chi connectivity index (χ2v) is 9.06. The molecule has 0 aromatic heterocycles. The van der Waals surface area contributed by atoms with Crippen molar-refractivity contribution in [2.45, 2.75) is 77.3 Å². The third kappa shape index (κ3) is 7.92. The van der Waals surface area contributed by atoms with Gasteiger partial charge in [-0.25, -0.2) is 4.79 Å². The summed E-state index contributed by atoms with van der Waals surface area (Å²) in [5, 5.41) is 7.96. The number of hydrogen-bond acceptors (Lipinski definition) is 6. The van der Waals surface area contributed by atoms with Gasteiger partial charge in [0.15, 0.2) is 0 Å². The van der Waals surface area contributed by atoms with E-state index in [2.05, 4.69) is 16.0 Å². The molecule has 9 heteroatoms. The molecule has 170 valence electrons. The van der Waals surface area contributed by atoms with Gasteiger partial charge in [-0.05, 0) is 40.2 Å². The Kier molecular flexibility index (Phi) is 7.65. The molecule has 3 N–H and O–H groups in total. The van der Waals surface area contributed by atoms with Crippen molar-refractivity contribution in [3.05, 3.63) is 35.9 Å². The summed E-state index contributed by atoms with van der Waals surface area (Å²) in [6.07, 6.45) is -0.775. The Morgan fingerprint density at radius 1 is 1.10 bits per heavy atom. The van der Waals surface area contributed by atoms with E-state index < -0.39 is 41.2 Å². The lowest BCUT2D eigenvalue weighted by atomic mass is 10.0. The topological polar surface area (TPSA) is 123 Å². The third-order valence-corrected chi connectivity index (χ3v) is 4.56. The maximum Gasteiger partial charge on any atom is 0.408 e. The zero-order chi connectivity index (χ0) is 23.2. The van der Waals surface area contributed by atoms with E-state index in [0.717, 1.165) is 5.56 Å². The first kappa shape index (κ1) is 24.2. The molecule has 0 bridgehead atoms. The molecule has 1 saturated heterocycles. The lowest BCUT2D eigenvalue weighted by Crippen LogP contribution is -2.58. The van der Waals surface area contributed by atoms with Crippen molar-refractivity contribution in [3.63, 3.8) is 0 Å². The van der Waals surface area contributed by atoms with Crippen molar-refractivity contribution in [2.24, 2.45) is 0 Å². The number of ether oxygens (including phenoxy) is 2. The van der Waals surface area contributed by atoms with Gasteiger partial charge in [-0.2, -0.15) is 0 Å². The molecular weight excluding hydrogens is 402 g/mol. The van der Waals surface area contributed by atoms with Crippen LogP contribution in [0, 0.1) is 0 Å². The summed E-state index contributed by atoms with van der Waals surface area (Å²) in [6, 6.07) is 8.03. The van der Waals surface area contributed by atoms with E-state index in [1.165, 1.54) is 13.8 Å². The molecule has 0 spiro atoms. The van der Waals surface area contributed by atoms with Gasteiger partial charge in [0.2, 0.25) is 11.8 Å². The summed E-state index contributed by atoms with van der Waals surface area (Å²) >= 11 is 0. The lowest BCUT2D eigenvalue weighted by molar-refractivity contribution is -0.145. The van der Waals surface area contributed by atoms with Crippen LogP contribution >= 0.6 is 0 Å². The Morgan fingerprint density at radius 3 is 2.35 bits per heavy atom. The van der Waals surface area contributed by atoms with Crippen molar-refractivity contribution in [1.82, 2.24) is 16.0 Å². The molecule has 3 amide bonds. The van der Waals surface area contributed by atoms with E-state index in [1.54, 1.807) is 20.8 Å². The van der Waals surface area contributed by atoms with E-state index in [0.29, 0.717) is 0 Å². The van der Waals surface area contributed by atoms with Crippen LogP contribution in [-0.2, 0) is 30.5 Å². The Morgan fingerprint density at radius 2 is 1.74 bits per heavy atom. The third-order valence-electron chi connectivity index (χ3n) is 4.56. The van der Waals surface area contributed by atoms with E-state index in [4.69, 9.17) is 9.47 Å². The second-order valence-electron chi connectivity index (χ2n) is 9.06. The molecule has 1 fully saturated rings. The number of nitrogens with one attached hydrogen (secondary N) is 3. The smallest absolute Gasteiger partial charge is 0.408 e. The number of rotatable bonds is 7. The normalized spacial score (nSPS) is 18.7. The van der Waals surface area contributed by atoms with Crippen LogP contribution in [-0.4, -0.2) is 47.1 Å².